The van der Waals surface area contributed by atoms with Gasteiger partial charge < -0.3 is 9.72 Å². The Kier molecular flexibility index (Phi) is 5.36. The van der Waals surface area contributed by atoms with Gasteiger partial charge in [0, 0.05) is 8.95 Å². The van der Waals surface area contributed by atoms with Crippen LogP contribution in [0.2, 0.25) is 0 Å². The number of likely N-dealkylation sites (tertiary alicyclic amines) is 1. The van der Waals surface area contributed by atoms with E-state index in [-0.39, 0.29) is 17.4 Å². The van der Waals surface area contributed by atoms with Crippen molar-refractivity contribution in [1.29, 1.82) is 0 Å². The van der Waals surface area contributed by atoms with Gasteiger partial charge in [-0.05, 0) is 54.0 Å². The third-order valence-electron chi connectivity index (χ3n) is 4.27. The van der Waals surface area contributed by atoms with E-state index in [4.69, 9.17) is 4.74 Å². The number of nitrogens with one attached hydrogen (secondary N) is 1. The van der Waals surface area contributed by atoms with Crippen molar-refractivity contribution in [3.63, 3.8) is 0 Å². The predicted octanol–water partition coefficient (Wildman–Crippen LogP) is 2.83. The lowest BCUT2D eigenvalue weighted by atomic mass is 9.97. The first-order valence-electron chi connectivity index (χ1n) is 7.66. The topological polar surface area (TPSA) is 75.3 Å². The van der Waals surface area contributed by atoms with E-state index in [2.05, 4.69) is 46.7 Å². The number of fused-ring (bicyclic) bond motifs is 1. The summed E-state index contributed by atoms with van der Waals surface area (Å²) >= 11 is 6.84. The van der Waals surface area contributed by atoms with E-state index < -0.39 is 0 Å². The smallest absolute Gasteiger partial charge is 0.308 e. The Morgan fingerprint density at radius 3 is 2.75 bits per heavy atom. The SMILES string of the molecule is COC(=O)C1CCN(Cc2nc3c(Br)cc(Br)cc3c(=O)[nH]2)CC1. The molecule has 2 heterocycles. The molecule has 1 aromatic heterocycles. The number of aromatic amines is 1. The fourth-order valence-electron chi connectivity index (χ4n) is 2.99. The van der Waals surface area contributed by atoms with Crippen LogP contribution in [-0.2, 0) is 16.1 Å². The number of nitrogens with zero attached hydrogens (tertiary/aromatic N) is 2. The first-order valence-corrected chi connectivity index (χ1v) is 9.24. The van der Waals surface area contributed by atoms with Crippen LogP contribution in [0.5, 0.6) is 0 Å². The molecule has 0 atom stereocenters. The van der Waals surface area contributed by atoms with Crippen molar-refractivity contribution < 1.29 is 9.53 Å². The van der Waals surface area contributed by atoms with Crippen LogP contribution < -0.4 is 5.56 Å². The third-order valence-corrected chi connectivity index (χ3v) is 5.34. The maximum atomic E-state index is 12.3. The van der Waals surface area contributed by atoms with Crippen molar-refractivity contribution in [1.82, 2.24) is 14.9 Å². The van der Waals surface area contributed by atoms with E-state index >= 15 is 0 Å². The Labute approximate surface area is 155 Å². The van der Waals surface area contributed by atoms with Crippen LogP contribution in [0, 0.1) is 5.92 Å². The molecule has 1 fully saturated rings. The fourth-order valence-corrected chi connectivity index (χ4v) is 4.31. The quantitative estimate of drug-likeness (QED) is 0.715. The van der Waals surface area contributed by atoms with E-state index in [1.165, 1.54) is 7.11 Å². The molecule has 0 saturated carbocycles. The zero-order chi connectivity index (χ0) is 17.3. The summed E-state index contributed by atoms with van der Waals surface area (Å²) in [4.78, 5) is 33.5. The number of piperidine rings is 1. The minimum atomic E-state index is -0.151. The Balaban J connectivity index is 1.77. The van der Waals surface area contributed by atoms with Gasteiger partial charge in [-0.2, -0.15) is 0 Å². The van der Waals surface area contributed by atoms with E-state index in [0.717, 1.165) is 34.9 Å². The minimum absolute atomic E-state index is 0.0265. The number of hydrogen-bond acceptors (Lipinski definition) is 5. The first kappa shape index (κ1) is 17.6. The van der Waals surface area contributed by atoms with Gasteiger partial charge in [-0.25, -0.2) is 4.98 Å². The summed E-state index contributed by atoms with van der Waals surface area (Å²) in [6, 6.07) is 3.64. The van der Waals surface area contributed by atoms with E-state index in [1.807, 2.05) is 6.07 Å². The van der Waals surface area contributed by atoms with Crippen molar-refractivity contribution in [2.45, 2.75) is 19.4 Å². The maximum Gasteiger partial charge on any atom is 0.308 e. The van der Waals surface area contributed by atoms with Crippen LogP contribution in [-0.4, -0.2) is 41.0 Å². The number of methoxy groups -OCH3 is 1. The Morgan fingerprint density at radius 1 is 1.38 bits per heavy atom. The lowest BCUT2D eigenvalue weighted by molar-refractivity contribution is -0.147. The summed E-state index contributed by atoms with van der Waals surface area (Å²) in [6.45, 7) is 2.12. The minimum Gasteiger partial charge on any atom is -0.469 e. The molecule has 24 heavy (non-hydrogen) atoms. The fraction of sp³-hybridized carbons (Fsp3) is 0.438. The molecular formula is C16H17Br2N3O3. The van der Waals surface area contributed by atoms with Crippen molar-refractivity contribution >= 4 is 48.7 Å². The van der Waals surface area contributed by atoms with Gasteiger partial charge >= 0.3 is 5.97 Å². The number of H-pyrrole nitrogens is 1. The summed E-state index contributed by atoms with van der Waals surface area (Å²) in [7, 11) is 1.43. The summed E-state index contributed by atoms with van der Waals surface area (Å²) in [5.41, 5.74) is 0.503. The average Bonchev–Trinajstić information content (AvgIpc) is 2.56. The van der Waals surface area contributed by atoms with Gasteiger partial charge in [0.15, 0.2) is 0 Å². The van der Waals surface area contributed by atoms with E-state index in [0.29, 0.717) is 23.3 Å². The Bertz CT molecular complexity index is 829. The third kappa shape index (κ3) is 3.70. The van der Waals surface area contributed by atoms with E-state index in [9.17, 15) is 9.59 Å². The van der Waals surface area contributed by atoms with E-state index in [1.54, 1.807) is 6.07 Å². The number of halogens is 2. The molecule has 0 bridgehead atoms. The van der Waals surface area contributed by atoms with Gasteiger partial charge in [0.2, 0.25) is 0 Å². The number of esters is 1. The van der Waals surface area contributed by atoms with Gasteiger partial charge in [0.25, 0.3) is 5.56 Å². The standard InChI is InChI=1S/C16H17Br2N3O3/c1-24-16(23)9-2-4-21(5-3-9)8-13-19-14-11(15(22)20-13)6-10(17)7-12(14)18/h6-7,9H,2-5,8H2,1H3,(H,19,20,22). The largest absolute Gasteiger partial charge is 0.469 e. The lowest BCUT2D eigenvalue weighted by Gasteiger charge is -2.30. The van der Waals surface area contributed by atoms with Crippen LogP contribution in [0.4, 0.5) is 0 Å². The Morgan fingerprint density at radius 2 is 2.08 bits per heavy atom. The molecule has 8 heteroatoms. The Hall–Kier alpha value is -1.25. The molecule has 1 aliphatic heterocycles. The molecule has 0 radical (unpaired) electrons. The van der Waals surface area contributed by atoms with Crippen molar-refractivity contribution in [2.75, 3.05) is 20.2 Å². The number of benzene rings is 1. The highest BCUT2D eigenvalue weighted by molar-refractivity contribution is 9.11. The molecule has 128 valence electrons. The summed E-state index contributed by atoms with van der Waals surface area (Å²) in [6.07, 6.45) is 1.53. The van der Waals surface area contributed by atoms with Crippen molar-refractivity contribution in [2.24, 2.45) is 5.92 Å². The molecule has 1 saturated heterocycles. The maximum absolute atomic E-state index is 12.3. The molecule has 1 aliphatic rings. The van der Waals surface area contributed by atoms with Crippen LogP contribution in [0.25, 0.3) is 10.9 Å². The van der Waals surface area contributed by atoms with Crippen LogP contribution in [0.15, 0.2) is 25.9 Å². The number of aromatic nitrogens is 2. The highest BCUT2D eigenvalue weighted by Gasteiger charge is 2.26. The van der Waals surface area contributed by atoms with Gasteiger partial charge in [-0.15, -0.1) is 0 Å². The molecule has 1 aromatic carbocycles. The molecule has 0 amide bonds. The molecule has 1 N–H and O–H groups in total. The summed E-state index contributed by atoms with van der Waals surface area (Å²) in [5.74, 6) is 0.467. The summed E-state index contributed by atoms with van der Waals surface area (Å²) in [5, 5.41) is 0.546. The highest BCUT2D eigenvalue weighted by Crippen LogP contribution is 2.25. The monoisotopic (exact) mass is 457 g/mol. The second-order valence-electron chi connectivity index (χ2n) is 5.87. The highest BCUT2D eigenvalue weighted by atomic mass is 79.9. The number of carbonyl (C=O) groups is 1. The van der Waals surface area contributed by atoms with Gasteiger partial charge in [0.05, 0.1) is 30.5 Å². The second-order valence-corrected chi connectivity index (χ2v) is 7.64. The number of rotatable bonds is 3. The van der Waals surface area contributed by atoms with Crippen molar-refractivity contribution in [3.05, 3.63) is 37.3 Å². The van der Waals surface area contributed by atoms with Gasteiger partial charge in [-0.3, -0.25) is 14.5 Å². The van der Waals surface area contributed by atoms with Gasteiger partial charge in [0.1, 0.15) is 5.82 Å². The van der Waals surface area contributed by atoms with Gasteiger partial charge in [-0.1, -0.05) is 15.9 Å². The molecule has 0 unspecified atom stereocenters. The molecule has 6 nitrogen and oxygen atoms in total. The van der Waals surface area contributed by atoms with Crippen molar-refractivity contribution in [3.8, 4) is 0 Å². The zero-order valence-electron chi connectivity index (χ0n) is 13.1. The zero-order valence-corrected chi connectivity index (χ0v) is 16.3. The normalized spacial score (nSPS) is 16.5. The second kappa shape index (κ2) is 7.33. The average molecular weight is 459 g/mol. The van der Waals surface area contributed by atoms with Crippen LogP contribution in [0.1, 0.15) is 18.7 Å². The predicted molar refractivity (Wildman–Crippen MR) is 97.8 cm³/mol. The first-order chi connectivity index (χ1) is 11.5. The molecular weight excluding hydrogens is 442 g/mol. The molecule has 2 aromatic rings. The van der Waals surface area contributed by atoms with Crippen LogP contribution in [0.3, 0.4) is 0 Å². The number of hydrogen-bond donors (Lipinski definition) is 1. The molecule has 3 rings (SSSR count). The number of carbonyl (C=O) groups excluding carboxylic acids is 1. The lowest BCUT2D eigenvalue weighted by Crippen LogP contribution is -2.37. The van der Waals surface area contributed by atoms with Crippen LogP contribution >= 0.6 is 31.9 Å². The molecule has 0 spiro atoms. The number of ether oxygens (including phenoxy) is 1. The summed E-state index contributed by atoms with van der Waals surface area (Å²) < 4.78 is 6.41. The molecule has 0 aliphatic carbocycles.